The van der Waals surface area contributed by atoms with Gasteiger partial charge >= 0.3 is 6.03 Å². The maximum absolute atomic E-state index is 12.9. The Balaban J connectivity index is 1.68. The summed E-state index contributed by atoms with van der Waals surface area (Å²) >= 11 is 1.30. The molecule has 0 fully saturated rings. The highest BCUT2D eigenvalue weighted by atomic mass is 32.1. The lowest BCUT2D eigenvalue weighted by molar-refractivity contribution is -0.119. The van der Waals surface area contributed by atoms with E-state index in [1.54, 1.807) is 6.07 Å². The maximum atomic E-state index is 12.9. The molecule has 3 rings (SSSR count). The number of nitrogens with zero attached hydrogens (tertiary/aromatic N) is 2. The largest absolute Gasteiger partial charge is 0.326 e. The number of carbonyl (C=O) groups excluding carboxylic acids is 2. The zero-order valence-electron chi connectivity index (χ0n) is 18.1. The highest BCUT2D eigenvalue weighted by Gasteiger charge is 2.27. The van der Waals surface area contributed by atoms with Gasteiger partial charge < -0.3 is 10.6 Å². The molecule has 3 aromatic rings. The Morgan fingerprint density at radius 3 is 2.39 bits per heavy atom. The number of nitrogens with one attached hydrogen (secondary N) is 3. The fourth-order valence-corrected chi connectivity index (χ4v) is 3.83. The van der Waals surface area contributed by atoms with Gasteiger partial charge in [0, 0.05) is 11.3 Å². The van der Waals surface area contributed by atoms with Crippen LogP contribution in [0.15, 0.2) is 48.5 Å². The van der Waals surface area contributed by atoms with Crippen molar-refractivity contribution in [3.05, 3.63) is 59.7 Å². The Kier molecular flexibility index (Phi) is 7.36. The van der Waals surface area contributed by atoms with Crippen LogP contribution in [-0.2, 0) is 4.79 Å². The number of amides is 3. The van der Waals surface area contributed by atoms with Crippen molar-refractivity contribution in [2.45, 2.75) is 40.2 Å². The van der Waals surface area contributed by atoms with Crippen molar-refractivity contribution >= 4 is 34.1 Å². The summed E-state index contributed by atoms with van der Waals surface area (Å²) in [5.41, 5.74) is 3.79. The van der Waals surface area contributed by atoms with Gasteiger partial charge in [0.1, 0.15) is 11.0 Å². The molecule has 2 aromatic carbocycles. The van der Waals surface area contributed by atoms with Crippen molar-refractivity contribution in [1.29, 1.82) is 0 Å². The number of hydrogen-bond donors (Lipinski definition) is 3. The van der Waals surface area contributed by atoms with Crippen molar-refractivity contribution in [3.63, 3.8) is 0 Å². The van der Waals surface area contributed by atoms with E-state index in [1.807, 2.05) is 70.2 Å². The van der Waals surface area contributed by atoms with Gasteiger partial charge in [-0.3, -0.25) is 10.1 Å². The van der Waals surface area contributed by atoms with E-state index in [9.17, 15) is 9.59 Å². The van der Waals surface area contributed by atoms with Crippen LogP contribution in [0.2, 0.25) is 0 Å². The molecule has 3 amide bonds. The molecule has 31 heavy (non-hydrogen) atoms. The number of aromatic nitrogens is 2. The smallest absolute Gasteiger partial charge is 0.319 e. The first-order valence-electron chi connectivity index (χ1n) is 10.2. The fourth-order valence-electron chi connectivity index (χ4n) is 3.08. The molecule has 8 heteroatoms. The SMILES string of the molecule is CCC(C)C(NC(=O)Nc1cccc(C)c1)C(=O)Nc1nnc(-c2cccc(C)c2)s1. The minimum atomic E-state index is -0.707. The number of carbonyl (C=O) groups is 2. The van der Waals surface area contributed by atoms with E-state index in [0.29, 0.717) is 10.8 Å². The van der Waals surface area contributed by atoms with Crippen LogP contribution in [0, 0.1) is 19.8 Å². The number of aryl methyl sites for hydroxylation is 2. The van der Waals surface area contributed by atoms with Gasteiger partial charge in [0.05, 0.1) is 0 Å². The monoisotopic (exact) mass is 437 g/mol. The molecule has 0 radical (unpaired) electrons. The molecule has 0 saturated carbocycles. The Bertz CT molecular complexity index is 1070. The van der Waals surface area contributed by atoms with Crippen LogP contribution in [0.3, 0.4) is 0 Å². The molecule has 1 heterocycles. The Hall–Kier alpha value is -3.26. The minimum Gasteiger partial charge on any atom is -0.326 e. The third kappa shape index (κ3) is 6.11. The third-order valence-electron chi connectivity index (χ3n) is 4.98. The second-order valence-corrected chi connectivity index (χ2v) is 8.58. The van der Waals surface area contributed by atoms with Gasteiger partial charge in [0.2, 0.25) is 11.0 Å². The van der Waals surface area contributed by atoms with Gasteiger partial charge in [-0.1, -0.05) is 67.5 Å². The molecule has 1 aromatic heterocycles. The zero-order valence-corrected chi connectivity index (χ0v) is 18.9. The third-order valence-corrected chi connectivity index (χ3v) is 5.87. The van der Waals surface area contributed by atoms with E-state index >= 15 is 0 Å². The minimum absolute atomic E-state index is 0.0626. The Morgan fingerprint density at radius 1 is 1.00 bits per heavy atom. The van der Waals surface area contributed by atoms with Crippen molar-refractivity contribution in [2.24, 2.45) is 5.92 Å². The van der Waals surface area contributed by atoms with Gasteiger partial charge in [-0.2, -0.15) is 0 Å². The molecule has 162 valence electrons. The van der Waals surface area contributed by atoms with Crippen LogP contribution in [0.4, 0.5) is 15.6 Å². The molecule has 0 bridgehead atoms. The zero-order chi connectivity index (χ0) is 22.4. The molecule has 0 aliphatic carbocycles. The quantitative estimate of drug-likeness (QED) is 0.485. The van der Waals surface area contributed by atoms with Crippen molar-refractivity contribution in [2.75, 3.05) is 10.6 Å². The van der Waals surface area contributed by atoms with Crippen molar-refractivity contribution in [1.82, 2.24) is 15.5 Å². The standard InChI is InChI=1S/C23H27N5O2S/c1-5-16(4)19(25-22(30)24-18-11-7-9-15(3)13-18)20(29)26-23-28-27-21(31-23)17-10-6-8-14(2)12-17/h6-13,16,19H,5H2,1-4H3,(H2,24,25,30)(H,26,28,29). The number of hydrogen-bond acceptors (Lipinski definition) is 5. The van der Waals surface area contributed by atoms with Gasteiger partial charge in [-0.05, 0) is 43.5 Å². The maximum Gasteiger partial charge on any atom is 0.319 e. The van der Waals surface area contributed by atoms with Gasteiger partial charge in [-0.25, -0.2) is 4.79 Å². The van der Waals surface area contributed by atoms with Gasteiger partial charge in [0.25, 0.3) is 0 Å². The number of rotatable bonds is 7. The first-order chi connectivity index (χ1) is 14.9. The van der Waals surface area contributed by atoms with Gasteiger partial charge in [0.15, 0.2) is 0 Å². The average molecular weight is 438 g/mol. The van der Waals surface area contributed by atoms with Crippen molar-refractivity contribution < 1.29 is 9.59 Å². The summed E-state index contributed by atoms with van der Waals surface area (Å²) in [5, 5.41) is 17.8. The number of benzene rings is 2. The molecule has 0 aliphatic heterocycles. The molecule has 3 N–H and O–H groups in total. The average Bonchev–Trinajstić information content (AvgIpc) is 3.20. The van der Waals surface area contributed by atoms with Crippen LogP contribution < -0.4 is 16.0 Å². The lowest BCUT2D eigenvalue weighted by Gasteiger charge is -2.23. The fraction of sp³-hybridized carbons (Fsp3) is 0.304. The van der Waals surface area contributed by atoms with E-state index in [2.05, 4.69) is 26.1 Å². The van der Waals surface area contributed by atoms with E-state index in [0.717, 1.165) is 28.1 Å². The normalized spacial score (nSPS) is 12.6. The Labute approximate surface area is 186 Å². The van der Waals surface area contributed by atoms with Crippen LogP contribution >= 0.6 is 11.3 Å². The van der Waals surface area contributed by atoms with Gasteiger partial charge in [-0.15, -0.1) is 10.2 Å². The van der Waals surface area contributed by atoms with E-state index in [4.69, 9.17) is 0 Å². The first kappa shape index (κ1) is 22.4. The van der Waals surface area contributed by atoms with E-state index in [-0.39, 0.29) is 11.8 Å². The molecular formula is C23H27N5O2S. The van der Waals surface area contributed by atoms with Crippen molar-refractivity contribution in [3.8, 4) is 10.6 Å². The summed E-state index contributed by atoms with van der Waals surface area (Å²) in [6.45, 7) is 7.87. The molecule has 0 aliphatic rings. The van der Waals surface area contributed by atoms with Crippen LogP contribution in [0.5, 0.6) is 0 Å². The molecule has 0 saturated heterocycles. The first-order valence-corrected chi connectivity index (χ1v) is 11.0. The summed E-state index contributed by atoms with van der Waals surface area (Å²) in [6, 6.07) is 14.3. The predicted molar refractivity (Wildman–Crippen MR) is 125 cm³/mol. The molecule has 2 atom stereocenters. The topological polar surface area (TPSA) is 96.0 Å². The Morgan fingerprint density at radius 2 is 1.71 bits per heavy atom. The molecule has 0 spiro atoms. The molecule has 2 unspecified atom stereocenters. The molecular weight excluding hydrogens is 410 g/mol. The number of urea groups is 1. The lowest BCUT2D eigenvalue weighted by atomic mass is 9.98. The lowest BCUT2D eigenvalue weighted by Crippen LogP contribution is -2.49. The van der Waals surface area contributed by atoms with E-state index < -0.39 is 12.1 Å². The summed E-state index contributed by atoms with van der Waals surface area (Å²) in [5.74, 6) is -0.381. The summed E-state index contributed by atoms with van der Waals surface area (Å²) < 4.78 is 0. The second kappa shape index (κ2) is 10.2. The predicted octanol–water partition coefficient (Wildman–Crippen LogP) is 5.00. The number of anilines is 2. The summed E-state index contributed by atoms with van der Waals surface area (Å²) in [7, 11) is 0. The molecule has 7 nitrogen and oxygen atoms in total. The second-order valence-electron chi connectivity index (χ2n) is 7.60. The summed E-state index contributed by atoms with van der Waals surface area (Å²) in [6.07, 6.45) is 0.730. The summed E-state index contributed by atoms with van der Waals surface area (Å²) in [4.78, 5) is 25.4. The van der Waals surface area contributed by atoms with E-state index in [1.165, 1.54) is 11.3 Å². The van der Waals surface area contributed by atoms with Crippen LogP contribution in [0.25, 0.3) is 10.6 Å². The van der Waals surface area contributed by atoms with Crippen LogP contribution in [0.1, 0.15) is 31.4 Å². The highest BCUT2D eigenvalue weighted by molar-refractivity contribution is 7.18. The van der Waals surface area contributed by atoms with Crippen LogP contribution in [-0.4, -0.2) is 28.2 Å². The highest BCUT2D eigenvalue weighted by Crippen LogP contribution is 2.27.